The summed E-state index contributed by atoms with van der Waals surface area (Å²) >= 11 is 3.32. The minimum Gasteiger partial charge on any atom is -0.478 e. The molecule has 1 aromatic carbocycles. The molecule has 0 atom stereocenters. The van der Waals surface area contributed by atoms with Crippen LogP contribution >= 0.6 is 15.9 Å². The van der Waals surface area contributed by atoms with Gasteiger partial charge in [-0.3, -0.25) is 14.2 Å². The van der Waals surface area contributed by atoms with Gasteiger partial charge in [0.05, 0.1) is 22.8 Å². The Labute approximate surface area is 155 Å². The van der Waals surface area contributed by atoms with E-state index in [0.717, 1.165) is 5.56 Å². The zero-order valence-electron chi connectivity index (χ0n) is 13.3. The smallest absolute Gasteiger partial charge is 0.338 e. The van der Waals surface area contributed by atoms with E-state index >= 15 is 0 Å². The van der Waals surface area contributed by atoms with Gasteiger partial charge in [-0.2, -0.15) is 10.2 Å². The summed E-state index contributed by atoms with van der Waals surface area (Å²) < 4.78 is 16.4. The van der Waals surface area contributed by atoms with E-state index in [-0.39, 0.29) is 17.9 Å². The number of halogens is 2. The van der Waals surface area contributed by atoms with Crippen LogP contribution in [0.5, 0.6) is 0 Å². The van der Waals surface area contributed by atoms with Gasteiger partial charge in [0.25, 0.3) is 0 Å². The molecule has 0 aliphatic rings. The van der Waals surface area contributed by atoms with Crippen LogP contribution in [-0.2, 0) is 17.9 Å². The van der Waals surface area contributed by atoms with Gasteiger partial charge in [-0.15, -0.1) is 0 Å². The third-order valence-corrected chi connectivity index (χ3v) is 4.00. The van der Waals surface area contributed by atoms with Crippen molar-refractivity contribution in [2.24, 2.45) is 0 Å². The molecule has 8 nitrogen and oxygen atoms in total. The highest BCUT2D eigenvalue weighted by molar-refractivity contribution is 9.10. The largest absolute Gasteiger partial charge is 0.478 e. The fourth-order valence-corrected chi connectivity index (χ4v) is 2.63. The zero-order chi connectivity index (χ0) is 18.7. The van der Waals surface area contributed by atoms with Crippen LogP contribution in [0.3, 0.4) is 0 Å². The number of amides is 1. The Morgan fingerprint density at radius 2 is 1.92 bits per heavy atom. The van der Waals surface area contributed by atoms with E-state index in [2.05, 4.69) is 31.4 Å². The quantitative estimate of drug-likeness (QED) is 0.635. The average Bonchev–Trinajstić information content (AvgIpc) is 3.17. The SMILES string of the molecule is O=C(Cn1cc(C(=O)O)cn1)Nc1nn(Cc2ccc(F)cc2)cc1Br. The number of hydrogen-bond donors (Lipinski definition) is 2. The molecule has 10 heteroatoms. The first-order valence-corrected chi connectivity index (χ1v) is 8.23. The van der Waals surface area contributed by atoms with Crippen molar-refractivity contribution in [3.63, 3.8) is 0 Å². The molecule has 3 rings (SSSR count). The second-order valence-electron chi connectivity index (χ2n) is 5.43. The highest BCUT2D eigenvalue weighted by Gasteiger charge is 2.13. The first kappa shape index (κ1) is 17.8. The number of aromatic nitrogens is 4. The van der Waals surface area contributed by atoms with Gasteiger partial charge in [-0.1, -0.05) is 12.1 Å². The van der Waals surface area contributed by atoms with Gasteiger partial charge < -0.3 is 10.4 Å². The van der Waals surface area contributed by atoms with Crippen molar-refractivity contribution in [3.8, 4) is 0 Å². The van der Waals surface area contributed by atoms with E-state index in [0.29, 0.717) is 16.8 Å². The van der Waals surface area contributed by atoms with Gasteiger partial charge in [0.2, 0.25) is 5.91 Å². The van der Waals surface area contributed by atoms with E-state index in [4.69, 9.17) is 5.11 Å². The maximum atomic E-state index is 12.9. The first-order valence-electron chi connectivity index (χ1n) is 7.43. The zero-order valence-corrected chi connectivity index (χ0v) is 14.9. The molecule has 2 heterocycles. The Morgan fingerprint density at radius 1 is 1.19 bits per heavy atom. The Bertz CT molecular complexity index is 951. The minimum absolute atomic E-state index is 0.00237. The maximum Gasteiger partial charge on any atom is 0.338 e. The Kier molecular flexibility index (Phi) is 5.12. The molecule has 1 amide bonds. The number of nitrogens with zero attached hydrogens (tertiary/aromatic N) is 4. The number of nitrogens with one attached hydrogen (secondary N) is 1. The van der Waals surface area contributed by atoms with Crippen molar-refractivity contribution in [3.05, 3.63) is 64.3 Å². The van der Waals surface area contributed by atoms with Gasteiger partial charge in [-0.05, 0) is 33.6 Å². The summed E-state index contributed by atoms with van der Waals surface area (Å²) in [6.07, 6.45) is 4.13. The van der Waals surface area contributed by atoms with Crippen molar-refractivity contribution < 1.29 is 19.1 Å². The lowest BCUT2D eigenvalue weighted by Gasteiger charge is -2.03. The van der Waals surface area contributed by atoms with E-state index in [1.165, 1.54) is 29.2 Å². The average molecular weight is 422 g/mol. The Morgan fingerprint density at radius 3 is 2.58 bits per heavy atom. The molecule has 3 aromatic rings. The number of aromatic carboxylic acids is 1. The molecule has 0 bridgehead atoms. The monoisotopic (exact) mass is 421 g/mol. The van der Waals surface area contributed by atoms with Gasteiger partial charge in [-0.25, -0.2) is 9.18 Å². The lowest BCUT2D eigenvalue weighted by Crippen LogP contribution is -2.19. The molecule has 0 aliphatic carbocycles. The van der Waals surface area contributed by atoms with Gasteiger partial charge in [0, 0.05) is 12.4 Å². The van der Waals surface area contributed by atoms with Crippen molar-refractivity contribution >= 4 is 33.6 Å². The summed E-state index contributed by atoms with van der Waals surface area (Å²) in [5, 5.41) is 19.6. The van der Waals surface area contributed by atoms with Crippen LogP contribution in [0.25, 0.3) is 0 Å². The van der Waals surface area contributed by atoms with E-state index < -0.39 is 11.9 Å². The van der Waals surface area contributed by atoms with Crippen molar-refractivity contribution in [2.45, 2.75) is 13.1 Å². The van der Waals surface area contributed by atoms with Crippen molar-refractivity contribution in [1.82, 2.24) is 19.6 Å². The van der Waals surface area contributed by atoms with Gasteiger partial charge in [0.1, 0.15) is 12.4 Å². The number of carboxylic acid groups (broad SMARTS) is 1. The van der Waals surface area contributed by atoms with E-state index in [1.54, 1.807) is 23.0 Å². The molecule has 2 aromatic heterocycles. The molecule has 134 valence electrons. The second kappa shape index (κ2) is 7.48. The third kappa shape index (κ3) is 4.33. The summed E-state index contributed by atoms with van der Waals surface area (Å²) in [4.78, 5) is 22.9. The summed E-state index contributed by atoms with van der Waals surface area (Å²) in [5.41, 5.74) is 0.861. The van der Waals surface area contributed by atoms with Crippen LogP contribution in [0.1, 0.15) is 15.9 Å². The van der Waals surface area contributed by atoms with Gasteiger partial charge >= 0.3 is 5.97 Å². The number of carboxylic acids is 1. The maximum absolute atomic E-state index is 12.9. The number of benzene rings is 1. The van der Waals surface area contributed by atoms with Crippen LogP contribution < -0.4 is 5.32 Å². The topological polar surface area (TPSA) is 102 Å². The summed E-state index contributed by atoms with van der Waals surface area (Å²) in [5.74, 6) is -1.51. The predicted molar refractivity (Wildman–Crippen MR) is 93.2 cm³/mol. The predicted octanol–water partition coefficient (Wildman–Crippen LogP) is 2.37. The van der Waals surface area contributed by atoms with Crippen molar-refractivity contribution in [1.29, 1.82) is 0 Å². The fraction of sp³-hybridized carbons (Fsp3) is 0.125. The number of carbonyl (C=O) groups excluding carboxylic acids is 1. The highest BCUT2D eigenvalue weighted by Crippen LogP contribution is 2.21. The molecule has 0 saturated heterocycles. The van der Waals surface area contributed by atoms with Crippen LogP contribution in [0.4, 0.5) is 10.2 Å². The highest BCUT2D eigenvalue weighted by atomic mass is 79.9. The molecule has 0 saturated carbocycles. The minimum atomic E-state index is -1.11. The second-order valence-corrected chi connectivity index (χ2v) is 6.28. The Hall–Kier alpha value is -3.01. The van der Waals surface area contributed by atoms with Crippen LogP contribution in [0, 0.1) is 5.82 Å². The fourth-order valence-electron chi connectivity index (χ4n) is 2.22. The van der Waals surface area contributed by atoms with E-state index in [9.17, 15) is 14.0 Å². The lowest BCUT2D eigenvalue weighted by molar-refractivity contribution is -0.116. The van der Waals surface area contributed by atoms with E-state index in [1.807, 2.05) is 0 Å². The number of hydrogen-bond acceptors (Lipinski definition) is 4. The number of anilines is 1. The van der Waals surface area contributed by atoms with Crippen LogP contribution in [0.15, 0.2) is 47.3 Å². The molecular formula is C16H13BrFN5O3. The molecular weight excluding hydrogens is 409 g/mol. The lowest BCUT2D eigenvalue weighted by atomic mass is 10.2. The molecule has 0 fully saturated rings. The first-order chi connectivity index (χ1) is 12.4. The van der Waals surface area contributed by atoms with Crippen LogP contribution in [-0.4, -0.2) is 36.5 Å². The molecule has 26 heavy (non-hydrogen) atoms. The molecule has 0 unspecified atom stereocenters. The Balaban J connectivity index is 1.63. The summed E-state index contributed by atoms with van der Waals surface area (Å²) in [6.45, 7) is 0.264. The molecule has 0 spiro atoms. The summed E-state index contributed by atoms with van der Waals surface area (Å²) in [6, 6.07) is 6.04. The van der Waals surface area contributed by atoms with Crippen molar-refractivity contribution in [2.75, 3.05) is 5.32 Å². The van der Waals surface area contributed by atoms with Gasteiger partial charge in [0.15, 0.2) is 5.82 Å². The number of carbonyl (C=O) groups is 2. The normalized spacial score (nSPS) is 10.7. The molecule has 2 N–H and O–H groups in total. The third-order valence-electron chi connectivity index (χ3n) is 3.42. The summed E-state index contributed by atoms with van der Waals surface area (Å²) in [7, 11) is 0. The molecule has 0 aliphatic heterocycles. The molecule has 0 radical (unpaired) electrons. The van der Waals surface area contributed by atoms with Crippen LogP contribution in [0.2, 0.25) is 0 Å². The standard InChI is InChI=1S/C16H13BrFN5O3/c17-13-8-23(6-10-1-3-12(18)4-2-10)21-15(13)20-14(24)9-22-7-11(5-19-22)16(25)26/h1-5,7-8H,6,9H2,(H,25,26)(H,20,21,24). The number of rotatable bonds is 6.